The number of carbonyl (C=O) groups is 1. The standard InChI is InChI=1S/C7H18N.C2H4O2/c1-7(2)6-8(3,4)5;1-2(3)4/h7H,6H2,1-5H3;1H3,(H,3,4)/q+1;/p-1. The van der Waals surface area contributed by atoms with E-state index in [9.17, 15) is 0 Å². The lowest BCUT2D eigenvalue weighted by atomic mass is 10.2. The average Bonchev–Trinajstić information content (AvgIpc) is 1.52. The highest BCUT2D eigenvalue weighted by Crippen LogP contribution is 1.98. The van der Waals surface area contributed by atoms with Crippen LogP contribution in [0, 0.1) is 5.92 Å². The fourth-order valence-electron chi connectivity index (χ4n) is 1.10. The predicted octanol–water partition coefficient (Wildman–Crippen LogP) is 0.105. The Balaban J connectivity index is 0. The zero-order chi connectivity index (χ0) is 10.4. The molecule has 0 bridgehead atoms. The van der Waals surface area contributed by atoms with E-state index in [0.717, 1.165) is 17.3 Å². The second-order valence-corrected chi connectivity index (χ2v) is 4.36. The highest BCUT2D eigenvalue weighted by molar-refractivity contribution is 5.60. The van der Waals surface area contributed by atoms with Gasteiger partial charge in [0.1, 0.15) is 0 Å². The number of hydrogen-bond acceptors (Lipinski definition) is 2. The molecule has 3 nitrogen and oxygen atoms in total. The third kappa shape index (κ3) is 34.1. The van der Waals surface area contributed by atoms with Crippen LogP contribution >= 0.6 is 0 Å². The molecule has 3 heteroatoms. The molecule has 74 valence electrons. The van der Waals surface area contributed by atoms with Crippen molar-refractivity contribution in [2.75, 3.05) is 27.7 Å². The van der Waals surface area contributed by atoms with Gasteiger partial charge in [0.25, 0.3) is 0 Å². The van der Waals surface area contributed by atoms with Gasteiger partial charge in [-0.15, -0.1) is 0 Å². The number of carboxylic acids is 1. The van der Waals surface area contributed by atoms with Crippen molar-refractivity contribution in [3.05, 3.63) is 0 Å². The maximum absolute atomic E-state index is 8.89. The van der Waals surface area contributed by atoms with Gasteiger partial charge in [-0.2, -0.15) is 0 Å². The molecular weight excluding hydrogens is 154 g/mol. The topological polar surface area (TPSA) is 40.1 Å². The van der Waals surface area contributed by atoms with Crippen molar-refractivity contribution in [1.82, 2.24) is 0 Å². The first-order valence-corrected chi connectivity index (χ1v) is 4.13. The van der Waals surface area contributed by atoms with Gasteiger partial charge >= 0.3 is 0 Å². The largest absolute Gasteiger partial charge is 0.550 e. The summed E-state index contributed by atoms with van der Waals surface area (Å²) in [5.41, 5.74) is 0. The smallest absolute Gasteiger partial charge is 0.0803 e. The molecule has 0 aliphatic heterocycles. The molecule has 0 fully saturated rings. The highest BCUT2D eigenvalue weighted by Gasteiger charge is 2.08. The quantitative estimate of drug-likeness (QED) is 0.559. The van der Waals surface area contributed by atoms with Gasteiger partial charge in [-0.3, -0.25) is 0 Å². The molecule has 0 aliphatic rings. The Morgan fingerprint density at radius 3 is 1.58 bits per heavy atom. The molecule has 0 rings (SSSR count). The van der Waals surface area contributed by atoms with Crippen LogP contribution in [-0.2, 0) is 4.79 Å². The molecule has 0 amide bonds. The lowest BCUT2D eigenvalue weighted by Crippen LogP contribution is -2.37. The van der Waals surface area contributed by atoms with Gasteiger partial charge in [-0.05, 0) is 6.92 Å². The van der Waals surface area contributed by atoms with E-state index in [4.69, 9.17) is 9.90 Å². The Morgan fingerprint density at radius 2 is 1.58 bits per heavy atom. The van der Waals surface area contributed by atoms with Crippen molar-refractivity contribution < 1.29 is 14.4 Å². The molecule has 0 N–H and O–H groups in total. The van der Waals surface area contributed by atoms with Crippen LogP contribution < -0.4 is 5.11 Å². The van der Waals surface area contributed by atoms with Gasteiger partial charge in [0.05, 0.1) is 27.7 Å². The summed E-state index contributed by atoms with van der Waals surface area (Å²) in [5, 5.41) is 8.89. The molecule has 12 heavy (non-hydrogen) atoms. The van der Waals surface area contributed by atoms with Crippen LogP contribution in [0.3, 0.4) is 0 Å². The van der Waals surface area contributed by atoms with E-state index in [1.807, 2.05) is 0 Å². The van der Waals surface area contributed by atoms with Crippen molar-refractivity contribution in [3.63, 3.8) is 0 Å². The van der Waals surface area contributed by atoms with Crippen LogP contribution in [0.5, 0.6) is 0 Å². The van der Waals surface area contributed by atoms with Gasteiger partial charge in [-0.25, -0.2) is 0 Å². The molecule has 0 aliphatic carbocycles. The van der Waals surface area contributed by atoms with Gasteiger partial charge in [0.2, 0.25) is 0 Å². The Kier molecular flexibility index (Phi) is 6.99. The Labute approximate surface area is 75.6 Å². The summed E-state index contributed by atoms with van der Waals surface area (Å²) in [6.45, 7) is 6.74. The monoisotopic (exact) mass is 175 g/mol. The van der Waals surface area contributed by atoms with Crippen LogP contribution in [0.15, 0.2) is 0 Å². The van der Waals surface area contributed by atoms with Crippen molar-refractivity contribution >= 4 is 5.97 Å². The maximum atomic E-state index is 8.89. The minimum absolute atomic E-state index is 0.815. The van der Waals surface area contributed by atoms with Crippen molar-refractivity contribution in [1.29, 1.82) is 0 Å². The summed E-state index contributed by atoms with van der Waals surface area (Å²) in [5.74, 6) is -0.269. The summed E-state index contributed by atoms with van der Waals surface area (Å²) in [6.07, 6.45) is 0. The predicted molar refractivity (Wildman–Crippen MR) is 48.4 cm³/mol. The molecule has 0 atom stereocenters. The van der Waals surface area contributed by atoms with Gasteiger partial charge in [0, 0.05) is 11.9 Å². The first-order chi connectivity index (χ1) is 5.15. The van der Waals surface area contributed by atoms with Crippen LogP contribution in [0.25, 0.3) is 0 Å². The second kappa shape index (κ2) is 6.00. The van der Waals surface area contributed by atoms with E-state index in [-0.39, 0.29) is 0 Å². The molecular formula is C9H21NO2. The third-order valence-corrected chi connectivity index (χ3v) is 0.913. The minimum Gasteiger partial charge on any atom is -0.550 e. The van der Waals surface area contributed by atoms with E-state index < -0.39 is 5.97 Å². The number of carbonyl (C=O) groups excluding carboxylic acids is 1. The lowest BCUT2D eigenvalue weighted by molar-refractivity contribution is -0.873. The molecule has 0 saturated carbocycles. The number of aliphatic carboxylic acids is 1. The minimum atomic E-state index is -1.08. The van der Waals surface area contributed by atoms with Crippen molar-refractivity contribution in [2.24, 2.45) is 5.92 Å². The van der Waals surface area contributed by atoms with Gasteiger partial charge in [-0.1, -0.05) is 13.8 Å². The first kappa shape index (κ1) is 14.0. The van der Waals surface area contributed by atoms with Gasteiger partial charge < -0.3 is 14.4 Å². The summed E-state index contributed by atoms with van der Waals surface area (Å²) >= 11 is 0. The van der Waals surface area contributed by atoms with Crippen molar-refractivity contribution in [3.8, 4) is 0 Å². The van der Waals surface area contributed by atoms with E-state index >= 15 is 0 Å². The fraction of sp³-hybridized carbons (Fsp3) is 0.889. The number of quaternary nitrogens is 1. The van der Waals surface area contributed by atoms with E-state index in [1.54, 1.807) is 0 Å². The SMILES string of the molecule is CC(=O)[O-].CC(C)C[N+](C)(C)C. The molecule has 0 aromatic rings. The number of nitrogens with zero attached hydrogens (tertiary/aromatic N) is 1. The van der Waals surface area contributed by atoms with Crippen LogP contribution in [0.1, 0.15) is 20.8 Å². The number of carboxylic acid groups (broad SMARTS) is 1. The molecule has 0 unspecified atom stereocenters. The zero-order valence-electron chi connectivity index (χ0n) is 9.05. The molecule has 0 aromatic heterocycles. The molecule has 0 radical (unpaired) electrons. The Bertz CT molecular complexity index is 121. The average molecular weight is 175 g/mol. The summed E-state index contributed by atoms with van der Waals surface area (Å²) in [7, 11) is 6.67. The molecule has 0 aromatic carbocycles. The fourth-order valence-corrected chi connectivity index (χ4v) is 1.10. The number of hydrogen-bond donors (Lipinski definition) is 0. The molecule has 0 heterocycles. The normalized spacial score (nSPS) is 10.6. The Morgan fingerprint density at radius 1 is 1.33 bits per heavy atom. The molecule has 0 saturated heterocycles. The number of rotatable bonds is 2. The van der Waals surface area contributed by atoms with Crippen LogP contribution in [0.2, 0.25) is 0 Å². The summed E-state index contributed by atoms with van der Waals surface area (Å²) < 4.78 is 1.08. The zero-order valence-corrected chi connectivity index (χ0v) is 9.05. The van der Waals surface area contributed by atoms with Gasteiger partial charge in [0.15, 0.2) is 0 Å². The third-order valence-electron chi connectivity index (χ3n) is 0.913. The van der Waals surface area contributed by atoms with E-state index in [2.05, 4.69) is 35.0 Å². The van der Waals surface area contributed by atoms with Crippen molar-refractivity contribution in [2.45, 2.75) is 20.8 Å². The molecule has 0 spiro atoms. The highest BCUT2D eigenvalue weighted by atomic mass is 16.4. The van der Waals surface area contributed by atoms with E-state index in [0.29, 0.717) is 0 Å². The first-order valence-electron chi connectivity index (χ1n) is 4.13. The lowest BCUT2D eigenvalue weighted by Gasteiger charge is -2.25. The summed E-state index contributed by atoms with van der Waals surface area (Å²) in [6, 6.07) is 0. The van der Waals surface area contributed by atoms with Crippen LogP contribution in [-0.4, -0.2) is 38.1 Å². The maximum Gasteiger partial charge on any atom is 0.0803 e. The Hall–Kier alpha value is -0.570. The van der Waals surface area contributed by atoms with E-state index in [1.165, 1.54) is 6.54 Å². The second-order valence-electron chi connectivity index (χ2n) is 4.36. The van der Waals surface area contributed by atoms with Crippen LogP contribution in [0.4, 0.5) is 0 Å². The summed E-state index contributed by atoms with van der Waals surface area (Å²) in [4.78, 5) is 8.89.